The highest BCUT2D eigenvalue weighted by atomic mass is 16.5. The van der Waals surface area contributed by atoms with Crippen molar-refractivity contribution >= 4 is 11.9 Å². The van der Waals surface area contributed by atoms with Gasteiger partial charge in [-0.1, -0.05) is 6.92 Å². The van der Waals surface area contributed by atoms with Gasteiger partial charge in [-0.25, -0.2) is 9.59 Å². The van der Waals surface area contributed by atoms with Crippen LogP contribution in [0, 0.1) is 17.8 Å². The van der Waals surface area contributed by atoms with Crippen LogP contribution in [0.3, 0.4) is 0 Å². The third kappa shape index (κ3) is 3.30. The van der Waals surface area contributed by atoms with Gasteiger partial charge in [0.1, 0.15) is 0 Å². The van der Waals surface area contributed by atoms with Gasteiger partial charge in [0, 0.05) is 0 Å². The molecule has 4 nitrogen and oxygen atoms in total. The lowest BCUT2D eigenvalue weighted by Gasteiger charge is -2.42. The molecule has 0 aliphatic heterocycles. The van der Waals surface area contributed by atoms with E-state index < -0.39 is 0 Å². The summed E-state index contributed by atoms with van der Waals surface area (Å²) in [5.41, 5.74) is 1.17. The van der Waals surface area contributed by atoms with E-state index in [1.807, 2.05) is 27.7 Å². The molecule has 0 aromatic heterocycles. The van der Waals surface area contributed by atoms with Crippen molar-refractivity contribution in [2.45, 2.75) is 66.1 Å². The van der Waals surface area contributed by atoms with E-state index in [-0.39, 0.29) is 36.0 Å². The van der Waals surface area contributed by atoms with Crippen LogP contribution in [0.25, 0.3) is 0 Å². The Kier molecular flexibility index (Phi) is 4.74. The highest BCUT2D eigenvalue weighted by Gasteiger charge is 2.45. The topological polar surface area (TPSA) is 52.6 Å². The summed E-state index contributed by atoms with van der Waals surface area (Å²) in [4.78, 5) is 24.9. The lowest BCUT2D eigenvalue weighted by Crippen LogP contribution is -2.39. The van der Waals surface area contributed by atoms with Gasteiger partial charge >= 0.3 is 11.9 Å². The van der Waals surface area contributed by atoms with Crippen LogP contribution in [0.4, 0.5) is 0 Å². The molecule has 0 saturated heterocycles. The van der Waals surface area contributed by atoms with Crippen molar-refractivity contribution in [2.24, 2.45) is 17.8 Å². The van der Waals surface area contributed by atoms with E-state index in [0.717, 1.165) is 19.3 Å². The second-order valence-corrected chi connectivity index (χ2v) is 6.83. The standard InChI is InChI=1S/C17H26O4/c1-9(2)20-16(18)14-12-6-7-13(11(5)8-12)15(14)17(19)21-10(3)4/h9-13H,6-8H2,1-5H3. The van der Waals surface area contributed by atoms with Gasteiger partial charge in [0.2, 0.25) is 0 Å². The zero-order valence-corrected chi connectivity index (χ0v) is 13.6. The van der Waals surface area contributed by atoms with Gasteiger partial charge < -0.3 is 9.47 Å². The fourth-order valence-corrected chi connectivity index (χ4v) is 3.60. The molecule has 118 valence electrons. The molecule has 3 aliphatic carbocycles. The summed E-state index contributed by atoms with van der Waals surface area (Å²) in [5.74, 6) is 0.0419. The molecule has 3 atom stereocenters. The third-order valence-corrected chi connectivity index (χ3v) is 4.36. The van der Waals surface area contributed by atoms with Crippen molar-refractivity contribution in [3.05, 3.63) is 11.1 Å². The molecule has 2 bridgehead atoms. The number of esters is 2. The summed E-state index contributed by atoms with van der Waals surface area (Å²) < 4.78 is 10.7. The molecule has 21 heavy (non-hydrogen) atoms. The van der Waals surface area contributed by atoms with Crippen LogP contribution in [-0.2, 0) is 19.1 Å². The van der Waals surface area contributed by atoms with E-state index >= 15 is 0 Å². The second kappa shape index (κ2) is 6.20. The normalized spacial score (nSPS) is 28.2. The number of fused-ring (bicyclic) bond motifs is 2. The predicted octanol–water partition coefficient (Wildman–Crippen LogP) is 3.25. The Morgan fingerprint density at radius 3 is 1.95 bits per heavy atom. The molecule has 3 rings (SSSR count). The molecule has 0 amide bonds. The maximum absolute atomic E-state index is 12.5. The number of carbonyl (C=O) groups excluding carboxylic acids is 2. The summed E-state index contributed by atoms with van der Waals surface area (Å²) in [7, 11) is 0. The van der Waals surface area contributed by atoms with Crippen LogP contribution in [0.1, 0.15) is 53.9 Å². The molecule has 3 aliphatic rings. The molecule has 4 heteroatoms. The Labute approximate surface area is 126 Å². The van der Waals surface area contributed by atoms with Crippen molar-refractivity contribution in [2.75, 3.05) is 0 Å². The Morgan fingerprint density at radius 1 is 0.952 bits per heavy atom. The minimum atomic E-state index is -0.332. The van der Waals surface area contributed by atoms with Gasteiger partial charge in [0.25, 0.3) is 0 Å². The van der Waals surface area contributed by atoms with E-state index in [2.05, 4.69) is 6.92 Å². The number of hydrogen-bond acceptors (Lipinski definition) is 4. The fraction of sp³-hybridized carbons (Fsp3) is 0.765. The highest BCUT2D eigenvalue weighted by molar-refractivity contribution is 6.02. The summed E-state index contributed by atoms with van der Waals surface area (Å²) in [6.07, 6.45) is 2.54. The number of carbonyl (C=O) groups is 2. The number of rotatable bonds is 4. The maximum Gasteiger partial charge on any atom is 0.335 e. The van der Waals surface area contributed by atoms with E-state index in [4.69, 9.17) is 9.47 Å². The van der Waals surface area contributed by atoms with Crippen LogP contribution in [-0.4, -0.2) is 24.1 Å². The number of hydrogen-bond donors (Lipinski definition) is 0. The molecule has 1 saturated carbocycles. The SMILES string of the molecule is CC(C)OC(=O)C1=C(C(=O)OC(C)C)C2CCC1CC2C. The first-order chi connectivity index (χ1) is 9.81. The van der Waals surface area contributed by atoms with Crippen LogP contribution >= 0.6 is 0 Å². The summed E-state index contributed by atoms with van der Waals surface area (Å²) in [5, 5.41) is 0. The highest BCUT2D eigenvalue weighted by Crippen LogP contribution is 2.49. The second-order valence-electron chi connectivity index (χ2n) is 6.83. The molecule has 0 N–H and O–H groups in total. The van der Waals surface area contributed by atoms with Crippen molar-refractivity contribution in [1.29, 1.82) is 0 Å². The molecular formula is C17H26O4. The molecule has 0 aromatic carbocycles. The Bertz CT molecular complexity index is 461. The first kappa shape index (κ1) is 16.1. The smallest absolute Gasteiger partial charge is 0.335 e. The van der Waals surface area contributed by atoms with E-state index in [0.29, 0.717) is 17.1 Å². The van der Waals surface area contributed by atoms with Crippen molar-refractivity contribution in [3.8, 4) is 0 Å². The Hall–Kier alpha value is -1.32. The average molecular weight is 294 g/mol. The van der Waals surface area contributed by atoms with Crippen LogP contribution in [0.15, 0.2) is 11.1 Å². The van der Waals surface area contributed by atoms with Crippen molar-refractivity contribution in [3.63, 3.8) is 0 Å². The lowest BCUT2D eigenvalue weighted by atomic mass is 9.62. The molecule has 0 radical (unpaired) electrons. The minimum Gasteiger partial charge on any atom is -0.460 e. The van der Waals surface area contributed by atoms with Crippen molar-refractivity contribution in [1.82, 2.24) is 0 Å². The van der Waals surface area contributed by atoms with E-state index in [9.17, 15) is 9.59 Å². The van der Waals surface area contributed by atoms with Gasteiger partial charge in [-0.3, -0.25) is 0 Å². The van der Waals surface area contributed by atoms with Crippen LogP contribution in [0.2, 0.25) is 0 Å². The molecule has 0 aromatic rings. The zero-order chi connectivity index (χ0) is 15.7. The van der Waals surface area contributed by atoms with Gasteiger partial charge in [0.05, 0.1) is 23.4 Å². The number of ether oxygens (including phenoxy) is 2. The van der Waals surface area contributed by atoms with Gasteiger partial charge in [-0.15, -0.1) is 0 Å². The van der Waals surface area contributed by atoms with E-state index in [1.54, 1.807) is 0 Å². The fourth-order valence-electron chi connectivity index (χ4n) is 3.60. The van der Waals surface area contributed by atoms with Crippen molar-refractivity contribution < 1.29 is 19.1 Å². The monoisotopic (exact) mass is 294 g/mol. The van der Waals surface area contributed by atoms with Crippen LogP contribution < -0.4 is 0 Å². The molecule has 0 heterocycles. The first-order valence-electron chi connectivity index (χ1n) is 7.97. The summed E-state index contributed by atoms with van der Waals surface area (Å²) in [6.45, 7) is 9.47. The average Bonchev–Trinajstić information content (AvgIpc) is 2.36. The zero-order valence-electron chi connectivity index (χ0n) is 13.6. The largest absolute Gasteiger partial charge is 0.460 e. The predicted molar refractivity (Wildman–Crippen MR) is 79.5 cm³/mol. The quantitative estimate of drug-likeness (QED) is 0.747. The van der Waals surface area contributed by atoms with E-state index in [1.165, 1.54) is 0 Å². The van der Waals surface area contributed by atoms with Gasteiger partial charge in [-0.2, -0.15) is 0 Å². The summed E-state index contributed by atoms with van der Waals surface area (Å²) >= 11 is 0. The summed E-state index contributed by atoms with van der Waals surface area (Å²) in [6, 6.07) is 0. The van der Waals surface area contributed by atoms with Gasteiger partial charge in [-0.05, 0) is 64.7 Å². The first-order valence-corrected chi connectivity index (χ1v) is 7.97. The third-order valence-electron chi connectivity index (χ3n) is 4.36. The lowest BCUT2D eigenvalue weighted by molar-refractivity contribution is -0.148. The van der Waals surface area contributed by atoms with Gasteiger partial charge in [0.15, 0.2) is 0 Å². The Morgan fingerprint density at radius 2 is 1.48 bits per heavy atom. The minimum absolute atomic E-state index is 0.135. The molecule has 3 unspecified atom stereocenters. The molecule has 1 fully saturated rings. The molecular weight excluding hydrogens is 268 g/mol. The van der Waals surface area contributed by atoms with Crippen LogP contribution in [0.5, 0.6) is 0 Å². The maximum atomic E-state index is 12.5. The molecule has 0 spiro atoms. The Balaban J connectivity index is 2.38.